The molecule has 0 heterocycles. The SMILES string of the molecule is CCc1ccc(OCCCCCCCCNC(C)C)c(/N=N/c2ccc(CCCC(=O)NCC#CC(C)C)cc2)c1. The van der Waals surface area contributed by atoms with Crippen LogP contribution >= 0.6 is 0 Å². The predicted molar refractivity (Wildman–Crippen MR) is 171 cm³/mol. The highest BCUT2D eigenvalue weighted by Crippen LogP contribution is 2.31. The van der Waals surface area contributed by atoms with E-state index in [1.54, 1.807) is 0 Å². The summed E-state index contributed by atoms with van der Waals surface area (Å²) in [6.45, 7) is 12.8. The van der Waals surface area contributed by atoms with Crippen LogP contribution in [0, 0.1) is 17.8 Å². The molecule has 0 bridgehead atoms. The first-order chi connectivity index (χ1) is 19.9. The molecule has 2 aromatic carbocycles. The number of nitrogens with zero attached hydrogens (tertiary/aromatic N) is 2. The van der Waals surface area contributed by atoms with Gasteiger partial charge in [0.1, 0.15) is 11.4 Å². The molecular formula is C35H52N4O2. The third-order valence-electron chi connectivity index (χ3n) is 6.66. The Labute approximate surface area is 249 Å². The topological polar surface area (TPSA) is 75.1 Å². The summed E-state index contributed by atoms with van der Waals surface area (Å²) in [5.41, 5.74) is 3.96. The van der Waals surface area contributed by atoms with Gasteiger partial charge in [-0.2, -0.15) is 5.11 Å². The largest absolute Gasteiger partial charge is 0.491 e. The first kappa shape index (κ1) is 34.0. The van der Waals surface area contributed by atoms with Crippen LogP contribution in [-0.4, -0.2) is 31.6 Å². The lowest BCUT2D eigenvalue weighted by molar-refractivity contribution is -0.120. The zero-order valence-corrected chi connectivity index (χ0v) is 26.1. The Morgan fingerprint density at radius 1 is 0.878 bits per heavy atom. The number of aryl methyl sites for hydroxylation is 2. The van der Waals surface area contributed by atoms with Gasteiger partial charge in [-0.25, -0.2) is 0 Å². The lowest BCUT2D eigenvalue weighted by Crippen LogP contribution is -2.23. The zero-order valence-electron chi connectivity index (χ0n) is 26.1. The molecule has 6 heteroatoms. The Morgan fingerprint density at radius 3 is 2.29 bits per heavy atom. The minimum Gasteiger partial charge on any atom is -0.491 e. The molecule has 0 spiro atoms. The number of hydrogen-bond donors (Lipinski definition) is 2. The van der Waals surface area contributed by atoms with E-state index in [0.29, 0.717) is 31.5 Å². The molecule has 2 N–H and O–H groups in total. The van der Waals surface area contributed by atoms with Crippen molar-refractivity contribution in [3.8, 4) is 17.6 Å². The minimum absolute atomic E-state index is 0.0473. The Balaban J connectivity index is 1.76. The summed E-state index contributed by atoms with van der Waals surface area (Å²) in [5.74, 6) is 7.19. The summed E-state index contributed by atoms with van der Waals surface area (Å²) in [6.07, 6.45) is 10.4. The number of hydrogen-bond acceptors (Lipinski definition) is 5. The van der Waals surface area contributed by atoms with Gasteiger partial charge in [-0.05, 0) is 74.0 Å². The molecule has 0 aromatic heterocycles. The number of ether oxygens (including phenoxy) is 1. The fraction of sp³-hybridized carbons (Fsp3) is 0.571. The lowest BCUT2D eigenvalue weighted by atomic mass is 10.1. The van der Waals surface area contributed by atoms with Gasteiger partial charge in [0, 0.05) is 18.4 Å². The number of carbonyl (C=O) groups excluding carboxylic acids is 1. The van der Waals surface area contributed by atoms with E-state index in [0.717, 1.165) is 49.4 Å². The molecule has 0 unspecified atom stereocenters. The molecule has 0 fully saturated rings. The van der Waals surface area contributed by atoms with E-state index in [4.69, 9.17) is 4.74 Å². The van der Waals surface area contributed by atoms with Gasteiger partial charge in [-0.1, -0.05) is 90.3 Å². The fourth-order valence-corrected chi connectivity index (χ4v) is 4.27. The Hall–Kier alpha value is -3.17. The molecule has 2 aromatic rings. The maximum atomic E-state index is 12.0. The van der Waals surface area contributed by atoms with Crippen LogP contribution in [0.1, 0.15) is 97.1 Å². The average molecular weight is 561 g/mol. The van der Waals surface area contributed by atoms with Crippen LogP contribution in [-0.2, 0) is 17.6 Å². The first-order valence-electron chi connectivity index (χ1n) is 15.6. The molecule has 0 atom stereocenters. The number of benzene rings is 2. The van der Waals surface area contributed by atoms with E-state index < -0.39 is 0 Å². The molecule has 224 valence electrons. The van der Waals surface area contributed by atoms with E-state index in [1.165, 1.54) is 43.2 Å². The van der Waals surface area contributed by atoms with Gasteiger partial charge in [-0.15, -0.1) is 5.11 Å². The Kier molecular flexibility index (Phi) is 17.2. The third-order valence-corrected chi connectivity index (χ3v) is 6.66. The number of nitrogens with one attached hydrogen (secondary N) is 2. The highest BCUT2D eigenvalue weighted by atomic mass is 16.5. The maximum Gasteiger partial charge on any atom is 0.220 e. The molecule has 0 aliphatic rings. The molecule has 0 aliphatic heterocycles. The van der Waals surface area contributed by atoms with Crippen LogP contribution in [0.3, 0.4) is 0 Å². The zero-order chi connectivity index (χ0) is 29.7. The highest BCUT2D eigenvalue weighted by Gasteiger charge is 2.06. The average Bonchev–Trinajstić information content (AvgIpc) is 2.96. The van der Waals surface area contributed by atoms with Gasteiger partial charge in [0.15, 0.2) is 0 Å². The summed E-state index contributed by atoms with van der Waals surface area (Å²) in [5, 5.41) is 15.4. The highest BCUT2D eigenvalue weighted by molar-refractivity contribution is 5.76. The number of amides is 1. The van der Waals surface area contributed by atoms with Crippen molar-refractivity contribution in [1.29, 1.82) is 0 Å². The summed E-state index contributed by atoms with van der Waals surface area (Å²) in [7, 11) is 0. The standard InChI is InChI=1S/C35H52N4O2/c1-6-30-20-23-34(41-26-12-10-8-7-9-11-24-36-29(4)5)33(27-30)39-38-32-21-18-31(19-22-32)16-13-17-35(40)37-25-14-15-28(2)3/h18-23,27-29,36H,6-13,16-17,24-26H2,1-5H3,(H,37,40)/b39-38+. The lowest BCUT2D eigenvalue weighted by Gasteiger charge is -2.10. The molecule has 0 radical (unpaired) electrons. The Bertz CT molecular complexity index is 1100. The van der Waals surface area contributed by atoms with Gasteiger partial charge in [-0.3, -0.25) is 4.79 Å². The van der Waals surface area contributed by atoms with Gasteiger partial charge in [0.05, 0.1) is 18.8 Å². The second kappa shape index (κ2) is 20.7. The smallest absolute Gasteiger partial charge is 0.220 e. The monoisotopic (exact) mass is 560 g/mol. The van der Waals surface area contributed by atoms with E-state index in [9.17, 15) is 4.79 Å². The van der Waals surface area contributed by atoms with Crippen molar-refractivity contribution in [3.63, 3.8) is 0 Å². The molecular weight excluding hydrogens is 508 g/mol. The first-order valence-corrected chi connectivity index (χ1v) is 15.6. The van der Waals surface area contributed by atoms with Crippen LogP contribution in [0.2, 0.25) is 0 Å². The normalized spacial score (nSPS) is 11.2. The third kappa shape index (κ3) is 16.0. The van der Waals surface area contributed by atoms with E-state index in [2.05, 4.69) is 77.7 Å². The van der Waals surface area contributed by atoms with Crippen LogP contribution in [0.25, 0.3) is 0 Å². The van der Waals surface area contributed by atoms with Crippen LogP contribution < -0.4 is 15.4 Å². The van der Waals surface area contributed by atoms with Crippen molar-refractivity contribution in [1.82, 2.24) is 10.6 Å². The quantitative estimate of drug-likeness (QED) is 0.103. The number of azo groups is 1. The maximum absolute atomic E-state index is 12.0. The summed E-state index contributed by atoms with van der Waals surface area (Å²) < 4.78 is 6.12. The Morgan fingerprint density at radius 2 is 1.59 bits per heavy atom. The fourth-order valence-electron chi connectivity index (χ4n) is 4.27. The van der Waals surface area contributed by atoms with Gasteiger partial charge in [0.2, 0.25) is 5.91 Å². The molecule has 6 nitrogen and oxygen atoms in total. The van der Waals surface area contributed by atoms with Gasteiger partial charge >= 0.3 is 0 Å². The van der Waals surface area contributed by atoms with Crippen molar-refractivity contribution in [2.75, 3.05) is 19.7 Å². The van der Waals surface area contributed by atoms with Crippen molar-refractivity contribution in [2.24, 2.45) is 16.1 Å². The van der Waals surface area contributed by atoms with Crippen molar-refractivity contribution in [2.45, 2.75) is 105 Å². The van der Waals surface area contributed by atoms with Crippen LogP contribution in [0.5, 0.6) is 5.75 Å². The second-order valence-corrected chi connectivity index (χ2v) is 11.2. The molecule has 2 rings (SSSR count). The van der Waals surface area contributed by atoms with Crippen LogP contribution in [0.15, 0.2) is 52.7 Å². The number of rotatable bonds is 19. The molecule has 0 aliphatic carbocycles. The van der Waals surface area contributed by atoms with Gasteiger partial charge in [0.25, 0.3) is 0 Å². The summed E-state index contributed by atoms with van der Waals surface area (Å²) >= 11 is 0. The number of carbonyl (C=O) groups is 1. The predicted octanol–water partition coefficient (Wildman–Crippen LogP) is 8.48. The number of unbranched alkanes of at least 4 members (excludes halogenated alkanes) is 5. The van der Waals surface area contributed by atoms with Crippen molar-refractivity contribution < 1.29 is 9.53 Å². The molecule has 1 amide bonds. The van der Waals surface area contributed by atoms with Crippen molar-refractivity contribution >= 4 is 17.3 Å². The molecule has 0 saturated heterocycles. The second-order valence-electron chi connectivity index (χ2n) is 11.2. The van der Waals surface area contributed by atoms with Crippen molar-refractivity contribution in [3.05, 3.63) is 53.6 Å². The van der Waals surface area contributed by atoms with Gasteiger partial charge < -0.3 is 15.4 Å². The summed E-state index contributed by atoms with van der Waals surface area (Å²) in [6, 6.07) is 14.8. The minimum atomic E-state index is 0.0473. The molecule has 41 heavy (non-hydrogen) atoms. The molecule has 0 saturated carbocycles. The summed E-state index contributed by atoms with van der Waals surface area (Å²) in [4.78, 5) is 12.0. The van der Waals surface area contributed by atoms with E-state index in [-0.39, 0.29) is 5.91 Å². The van der Waals surface area contributed by atoms with E-state index in [1.807, 2.05) is 32.0 Å². The van der Waals surface area contributed by atoms with Crippen LogP contribution in [0.4, 0.5) is 11.4 Å². The van der Waals surface area contributed by atoms with E-state index >= 15 is 0 Å².